The highest BCUT2D eigenvalue weighted by Gasteiger charge is 2.51. The van der Waals surface area contributed by atoms with Gasteiger partial charge in [-0.3, -0.25) is 9.59 Å². The van der Waals surface area contributed by atoms with Gasteiger partial charge in [-0.25, -0.2) is 9.18 Å². The van der Waals surface area contributed by atoms with Crippen molar-refractivity contribution in [3.8, 4) is 11.1 Å². The number of aliphatic carboxylic acids is 1. The summed E-state index contributed by atoms with van der Waals surface area (Å²) in [4.78, 5) is 37.7. The van der Waals surface area contributed by atoms with Gasteiger partial charge in [-0.2, -0.15) is 0 Å². The second-order valence-electron chi connectivity index (χ2n) is 7.82. The lowest BCUT2D eigenvalue weighted by atomic mass is 9.82. The van der Waals surface area contributed by atoms with E-state index in [0.717, 1.165) is 11.3 Å². The van der Waals surface area contributed by atoms with Crippen LogP contribution in [0.5, 0.6) is 0 Å². The molecule has 1 heterocycles. The van der Waals surface area contributed by atoms with Crippen LogP contribution in [0.2, 0.25) is 0 Å². The Morgan fingerprint density at radius 2 is 1.84 bits per heavy atom. The molecule has 6 nitrogen and oxygen atoms in total. The first kappa shape index (κ1) is 21.2. The monoisotopic (exact) mass is 443 g/mol. The van der Waals surface area contributed by atoms with E-state index in [1.807, 2.05) is 19.1 Å². The molecule has 0 aliphatic heterocycles. The highest BCUT2D eigenvalue weighted by Crippen LogP contribution is 2.49. The molecule has 1 fully saturated rings. The molecular weight excluding hydrogens is 421 g/mol. The van der Waals surface area contributed by atoms with Crippen LogP contribution in [0.3, 0.4) is 0 Å². The first-order chi connectivity index (χ1) is 14.9. The minimum Gasteiger partial charge on any atom is -0.481 e. The standard InChI is InChI=1S/C23H22FNO5S/c1-2-9-30-23(29)19-16(12-5-7-15(24)8-6-12)11-31-21(19)25-20(26)17-13-3-4-14(10-13)18(17)22(27)28/h3-8,11,13-14,17-18H,2,9-10H2,1H3,(H,25,26)(H,27,28)/t13-,14-,17-,18-/m0/s1. The maximum atomic E-state index is 13.4. The minimum atomic E-state index is -0.988. The summed E-state index contributed by atoms with van der Waals surface area (Å²) in [5.41, 5.74) is 1.35. The molecule has 4 rings (SSSR count). The van der Waals surface area contributed by atoms with E-state index in [0.29, 0.717) is 29.0 Å². The van der Waals surface area contributed by atoms with Gasteiger partial charge in [0.1, 0.15) is 16.4 Å². The zero-order valence-electron chi connectivity index (χ0n) is 16.8. The Bertz CT molecular complexity index is 1040. The van der Waals surface area contributed by atoms with Crippen molar-refractivity contribution < 1.29 is 28.6 Å². The van der Waals surface area contributed by atoms with Crippen LogP contribution in [0.15, 0.2) is 41.8 Å². The summed E-state index contributed by atoms with van der Waals surface area (Å²) in [6.07, 6.45) is 5.06. The number of carboxylic acids is 1. The molecule has 1 amide bonds. The first-order valence-corrected chi connectivity index (χ1v) is 11.0. The molecule has 8 heteroatoms. The third-order valence-electron chi connectivity index (χ3n) is 5.87. The van der Waals surface area contributed by atoms with Crippen molar-refractivity contribution in [2.24, 2.45) is 23.7 Å². The predicted molar refractivity (Wildman–Crippen MR) is 114 cm³/mol. The molecule has 2 N–H and O–H groups in total. The number of carboxylic acid groups (broad SMARTS) is 1. The van der Waals surface area contributed by atoms with E-state index in [-0.39, 0.29) is 24.0 Å². The lowest BCUT2D eigenvalue weighted by Crippen LogP contribution is -2.36. The largest absolute Gasteiger partial charge is 0.481 e. The third kappa shape index (κ3) is 3.99. The van der Waals surface area contributed by atoms with Gasteiger partial charge in [-0.05, 0) is 42.4 Å². The number of halogens is 1. The number of fused-ring (bicyclic) bond motifs is 2. The number of esters is 1. The highest BCUT2D eigenvalue weighted by atomic mass is 32.1. The molecule has 4 atom stereocenters. The smallest absolute Gasteiger partial charge is 0.341 e. The average Bonchev–Trinajstić information content (AvgIpc) is 3.47. The molecule has 0 spiro atoms. The summed E-state index contributed by atoms with van der Waals surface area (Å²) in [7, 11) is 0. The summed E-state index contributed by atoms with van der Waals surface area (Å²) in [6, 6.07) is 5.71. The number of benzene rings is 1. The molecule has 0 radical (unpaired) electrons. The Morgan fingerprint density at radius 1 is 1.16 bits per heavy atom. The summed E-state index contributed by atoms with van der Waals surface area (Å²) in [6.45, 7) is 2.10. The fourth-order valence-electron chi connectivity index (χ4n) is 4.47. The number of rotatable bonds is 7. The molecule has 2 aromatic rings. The van der Waals surface area contributed by atoms with E-state index in [4.69, 9.17) is 4.74 Å². The summed E-state index contributed by atoms with van der Waals surface area (Å²) in [5, 5.41) is 14.4. The van der Waals surface area contributed by atoms with Gasteiger partial charge >= 0.3 is 11.9 Å². The Kier molecular flexibility index (Phi) is 5.91. The summed E-state index contributed by atoms with van der Waals surface area (Å²) < 4.78 is 18.7. The van der Waals surface area contributed by atoms with E-state index in [9.17, 15) is 23.9 Å². The molecule has 0 unspecified atom stereocenters. The van der Waals surface area contributed by atoms with Gasteiger partial charge in [-0.15, -0.1) is 11.3 Å². The van der Waals surface area contributed by atoms with E-state index in [2.05, 4.69) is 5.32 Å². The van der Waals surface area contributed by atoms with Crippen molar-refractivity contribution in [2.45, 2.75) is 19.8 Å². The second-order valence-corrected chi connectivity index (χ2v) is 8.70. The number of nitrogens with one attached hydrogen (secondary N) is 1. The van der Waals surface area contributed by atoms with Crippen molar-refractivity contribution in [3.63, 3.8) is 0 Å². The maximum Gasteiger partial charge on any atom is 0.341 e. The topological polar surface area (TPSA) is 92.7 Å². The third-order valence-corrected chi connectivity index (χ3v) is 6.77. The molecule has 1 aromatic heterocycles. The van der Waals surface area contributed by atoms with E-state index >= 15 is 0 Å². The highest BCUT2D eigenvalue weighted by molar-refractivity contribution is 7.15. The number of ether oxygens (including phenoxy) is 1. The quantitative estimate of drug-likeness (QED) is 0.483. The number of amides is 1. The molecular formula is C23H22FNO5S. The van der Waals surface area contributed by atoms with Crippen molar-refractivity contribution in [2.75, 3.05) is 11.9 Å². The Balaban J connectivity index is 1.65. The van der Waals surface area contributed by atoms with Crippen molar-refractivity contribution in [1.82, 2.24) is 0 Å². The van der Waals surface area contributed by atoms with Crippen LogP contribution in [-0.2, 0) is 14.3 Å². The first-order valence-electron chi connectivity index (χ1n) is 10.2. The van der Waals surface area contributed by atoms with Crippen LogP contribution in [0.1, 0.15) is 30.1 Å². The van der Waals surface area contributed by atoms with Crippen LogP contribution < -0.4 is 5.32 Å². The molecule has 2 aliphatic carbocycles. The Morgan fingerprint density at radius 3 is 2.48 bits per heavy atom. The zero-order chi connectivity index (χ0) is 22.1. The maximum absolute atomic E-state index is 13.4. The zero-order valence-corrected chi connectivity index (χ0v) is 17.7. The van der Waals surface area contributed by atoms with Gasteiger partial charge in [0.2, 0.25) is 5.91 Å². The van der Waals surface area contributed by atoms with Crippen molar-refractivity contribution in [3.05, 3.63) is 53.2 Å². The number of hydrogen-bond donors (Lipinski definition) is 2. The summed E-state index contributed by atoms with van der Waals surface area (Å²) >= 11 is 1.16. The lowest BCUT2D eigenvalue weighted by molar-refractivity contribution is -0.146. The van der Waals surface area contributed by atoms with E-state index in [1.165, 1.54) is 12.1 Å². The normalized spacial score (nSPS) is 23.7. The summed E-state index contributed by atoms with van der Waals surface area (Å²) in [5.74, 6) is -4.13. The van der Waals surface area contributed by atoms with Crippen molar-refractivity contribution >= 4 is 34.2 Å². The fraction of sp³-hybridized carbons (Fsp3) is 0.348. The van der Waals surface area contributed by atoms with Crippen LogP contribution in [0.4, 0.5) is 9.39 Å². The number of allylic oxidation sites excluding steroid dienone is 2. The van der Waals surface area contributed by atoms with Gasteiger partial charge in [0, 0.05) is 10.9 Å². The van der Waals surface area contributed by atoms with Gasteiger partial charge in [-0.1, -0.05) is 31.2 Å². The number of thiophene rings is 1. The Hall–Kier alpha value is -3.00. The number of carbonyl (C=O) groups excluding carboxylic acids is 2. The number of anilines is 1. The molecule has 162 valence electrons. The van der Waals surface area contributed by atoms with Gasteiger partial charge in [0.05, 0.1) is 18.4 Å². The van der Waals surface area contributed by atoms with Gasteiger partial charge in [0.15, 0.2) is 0 Å². The number of carbonyl (C=O) groups is 3. The lowest BCUT2D eigenvalue weighted by Gasteiger charge is -2.23. The molecule has 31 heavy (non-hydrogen) atoms. The SMILES string of the molecule is CCCOC(=O)c1c(-c2ccc(F)cc2)csc1NC(=O)[C@@H]1[C@@H](C(=O)O)[C@H]2C=C[C@H]1C2. The number of hydrogen-bond acceptors (Lipinski definition) is 5. The van der Waals surface area contributed by atoms with Crippen LogP contribution in [0.25, 0.3) is 11.1 Å². The fourth-order valence-corrected chi connectivity index (χ4v) is 5.43. The van der Waals surface area contributed by atoms with E-state index < -0.39 is 35.5 Å². The minimum absolute atomic E-state index is 0.127. The van der Waals surface area contributed by atoms with E-state index in [1.54, 1.807) is 17.5 Å². The average molecular weight is 443 g/mol. The van der Waals surface area contributed by atoms with Crippen LogP contribution in [0, 0.1) is 29.5 Å². The van der Waals surface area contributed by atoms with Crippen LogP contribution in [-0.4, -0.2) is 29.6 Å². The van der Waals surface area contributed by atoms with Gasteiger partial charge < -0.3 is 15.2 Å². The predicted octanol–water partition coefficient (Wildman–Crippen LogP) is 4.58. The second kappa shape index (κ2) is 8.63. The molecule has 2 aliphatic rings. The molecule has 0 saturated heterocycles. The van der Waals surface area contributed by atoms with Crippen LogP contribution >= 0.6 is 11.3 Å². The molecule has 1 saturated carbocycles. The van der Waals surface area contributed by atoms with Crippen molar-refractivity contribution in [1.29, 1.82) is 0 Å². The van der Waals surface area contributed by atoms with Gasteiger partial charge in [0.25, 0.3) is 0 Å². The molecule has 1 aromatic carbocycles. The molecule has 2 bridgehead atoms. The Labute approximate surface area is 182 Å².